The third-order valence-electron chi connectivity index (χ3n) is 5.65. The van der Waals surface area contributed by atoms with Crippen molar-refractivity contribution in [2.75, 3.05) is 13.3 Å². The number of fused-ring (bicyclic) bond motifs is 2. The summed E-state index contributed by atoms with van der Waals surface area (Å²) in [5.41, 5.74) is 0.729. The van der Waals surface area contributed by atoms with Gasteiger partial charge >= 0.3 is 5.97 Å². The first-order valence-electron chi connectivity index (χ1n) is 10.5. The van der Waals surface area contributed by atoms with Crippen molar-refractivity contribution in [3.63, 3.8) is 0 Å². The van der Waals surface area contributed by atoms with Gasteiger partial charge in [-0.25, -0.2) is 9.80 Å². The van der Waals surface area contributed by atoms with Crippen LogP contribution in [0, 0.1) is 0 Å². The predicted octanol–water partition coefficient (Wildman–Crippen LogP) is 0.314. The minimum Gasteiger partial charge on any atom is -0.480 e. The molecule has 3 aliphatic heterocycles. The zero-order chi connectivity index (χ0) is 23.7. The molecule has 3 heterocycles. The molecule has 3 atom stereocenters. The largest absolute Gasteiger partial charge is 0.480 e. The third kappa shape index (κ3) is 4.75. The summed E-state index contributed by atoms with van der Waals surface area (Å²) in [6, 6.07) is 2.83. The Balaban J connectivity index is 1.50. The summed E-state index contributed by atoms with van der Waals surface area (Å²) in [5.74, 6) is -1.75. The number of carboxylic acid groups (broad SMARTS) is 1. The highest BCUT2D eigenvalue weighted by molar-refractivity contribution is 8.14. The van der Waals surface area contributed by atoms with E-state index in [1.54, 1.807) is 18.2 Å². The summed E-state index contributed by atoms with van der Waals surface area (Å²) in [7, 11) is 0. The minimum atomic E-state index is -1.21. The van der Waals surface area contributed by atoms with Crippen LogP contribution in [0.5, 0.6) is 11.5 Å². The second-order valence-corrected chi connectivity index (χ2v) is 9.33. The van der Waals surface area contributed by atoms with Gasteiger partial charge in [0, 0.05) is 13.5 Å². The maximum atomic E-state index is 13.1. The molecule has 3 aliphatic rings. The third-order valence-corrected chi connectivity index (χ3v) is 6.65. The van der Waals surface area contributed by atoms with Gasteiger partial charge in [-0.2, -0.15) is 0 Å². The van der Waals surface area contributed by atoms with E-state index in [0.717, 1.165) is 27.3 Å². The molecule has 2 fully saturated rings. The number of hydrogen-bond acceptors (Lipinski definition) is 8. The molecule has 3 amide bonds. The van der Waals surface area contributed by atoms with Gasteiger partial charge in [-0.1, -0.05) is 17.8 Å². The van der Waals surface area contributed by atoms with E-state index in [2.05, 4.69) is 5.32 Å². The second-order valence-electron chi connectivity index (χ2n) is 7.95. The molecular formula is C21H23N3O8S. The summed E-state index contributed by atoms with van der Waals surface area (Å²) in [6.07, 6.45) is 0.596. The van der Waals surface area contributed by atoms with Crippen LogP contribution in [0.25, 0.3) is 0 Å². The van der Waals surface area contributed by atoms with Gasteiger partial charge < -0.3 is 19.9 Å². The van der Waals surface area contributed by atoms with Gasteiger partial charge in [-0.05, 0) is 37.0 Å². The lowest BCUT2D eigenvalue weighted by Crippen LogP contribution is -2.68. The molecule has 2 saturated heterocycles. The van der Waals surface area contributed by atoms with E-state index in [1.165, 1.54) is 6.92 Å². The Morgan fingerprint density at radius 1 is 1.24 bits per heavy atom. The Morgan fingerprint density at radius 3 is 2.73 bits per heavy atom. The number of amides is 3. The Labute approximate surface area is 193 Å². The molecule has 2 N–H and O–H groups in total. The topological polar surface area (TPSA) is 143 Å². The summed E-state index contributed by atoms with van der Waals surface area (Å²) >= 11 is 0.817. The van der Waals surface area contributed by atoms with Crippen LogP contribution in [0.1, 0.15) is 31.7 Å². The van der Waals surface area contributed by atoms with Gasteiger partial charge in [-0.3, -0.25) is 24.2 Å². The summed E-state index contributed by atoms with van der Waals surface area (Å²) < 4.78 is 10.6. The van der Waals surface area contributed by atoms with Crippen LogP contribution in [-0.2, 0) is 30.4 Å². The highest BCUT2D eigenvalue weighted by Gasteiger charge is 2.47. The van der Waals surface area contributed by atoms with Crippen LogP contribution in [0.15, 0.2) is 18.2 Å². The quantitative estimate of drug-likeness (QED) is 0.592. The zero-order valence-corrected chi connectivity index (χ0v) is 18.6. The summed E-state index contributed by atoms with van der Waals surface area (Å²) in [5, 5.41) is 13.0. The van der Waals surface area contributed by atoms with Crippen molar-refractivity contribution in [3.8, 4) is 11.5 Å². The number of ether oxygens (including phenoxy) is 2. The Kier molecular flexibility index (Phi) is 6.45. The van der Waals surface area contributed by atoms with E-state index < -0.39 is 41.0 Å². The van der Waals surface area contributed by atoms with E-state index >= 15 is 0 Å². The number of carboxylic acids is 1. The van der Waals surface area contributed by atoms with Crippen LogP contribution >= 0.6 is 11.8 Å². The lowest BCUT2D eigenvalue weighted by molar-refractivity contribution is -0.190. The monoisotopic (exact) mass is 477 g/mol. The number of hydrazine groups is 1. The minimum absolute atomic E-state index is 0.105. The van der Waals surface area contributed by atoms with Gasteiger partial charge in [0.1, 0.15) is 6.04 Å². The number of hydrogen-bond donors (Lipinski definition) is 2. The van der Waals surface area contributed by atoms with Crippen molar-refractivity contribution >= 4 is 40.6 Å². The second kappa shape index (κ2) is 9.30. The van der Waals surface area contributed by atoms with Crippen LogP contribution in [0.2, 0.25) is 0 Å². The van der Waals surface area contributed by atoms with Gasteiger partial charge in [-0.15, -0.1) is 0 Å². The lowest BCUT2D eigenvalue weighted by atomic mass is 10.0. The van der Waals surface area contributed by atoms with Gasteiger partial charge in [0.2, 0.25) is 18.6 Å². The summed E-state index contributed by atoms with van der Waals surface area (Å²) in [4.78, 5) is 62.1. The van der Waals surface area contributed by atoms with Crippen LogP contribution in [0.4, 0.5) is 0 Å². The van der Waals surface area contributed by atoms with Gasteiger partial charge in [0.05, 0.1) is 11.7 Å². The smallest absolute Gasteiger partial charge is 0.328 e. The Hall–Kier alpha value is -3.28. The molecule has 0 bridgehead atoms. The standard InChI is InChI=1S/C21H23N3O8S/c1-11(25)33-17(8-12-4-5-15-16(7-12)32-10-31-15)19(27)22-13-9-18(26)23-6-2-3-14(21(29)30)24(23)20(13)28/h4-5,7,13-14,17H,2-3,6,8-10H2,1H3,(H,22,27)(H,29,30)/t13?,14-,17-/m0/s1. The van der Waals surface area contributed by atoms with E-state index in [0.29, 0.717) is 17.9 Å². The number of nitrogens with one attached hydrogen (secondary N) is 1. The molecular weight excluding hydrogens is 454 g/mol. The van der Waals surface area contributed by atoms with Crippen molar-refractivity contribution in [1.82, 2.24) is 15.3 Å². The number of nitrogens with zero attached hydrogens (tertiary/aromatic N) is 2. The number of thioether (sulfide) groups is 1. The van der Waals surface area contributed by atoms with E-state index in [1.807, 2.05) is 0 Å². The van der Waals surface area contributed by atoms with E-state index in [-0.39, 0.29) is 37.7 Å². The average Bonchev–Trinajstić information content (AvgIpc) is 3.24. The van der Waals surface area contributed by atoms with Crippen LogP contribution in [-0.4, -0.2) is 74.6 Å². The molecule has 1 aromatic rings. The predicted molar refractivity (Wildman–Crippen MR) is 114 cm³/mol. The fourth-order valence-corrected chi connectivity index (χ4v) is 5.00. The molecule has 176 valence electrons. The molecule has 33 heavy (non-hydrogen) atoms. The molecule has 0 aromatic heterocycles. The molecule has 0 radical (unpaired) electrons. The first-order chi connectivity index (χ1) is 15.7. The Morgan fingerprint density at radius 2 is 2.00 bits per heavy atom. The maximum absolute atomic E-state index is 13.1. The summed E-state index contributed by atoms with van der Waals surface area (Å²) in [6.45, 7) is 1.69. The molecule has 4 rings (SSSR count). The number of carbonyl (C=O) groups excluding carboxylic acids is 4. The normalized spacial score (nSPS) is 22.6. The lowest BCUT2D eigenvalue weighted by Gasteiger charge is -2.46. The maximum Gasteiger partial charge on any atom is 0.328 e. The van der Waals surface area contributed by atoms with Crippen molar-refractivity contribution in [2.45, 2.75) is 49.9 Å². The molecule has 1 unspecified atom stereocenters. The fourth-order valence-electron chi connectivity index (χ4n) is 4.15. The number of rotatable bonds is 6. The highest BCUT2D eigenvalue weighted by atomic mass is 32.2. The molecule has 0 spiro atoms. The van der Waals surface area contributed by atoms with Gasteiger partial charge in [0.25, 0.3) is 5.91 Å². The number of benzene rings is 1. The van der Waals surface area contributed by atoms with Crippen molar-refractivity contribution < 1.29 is 38.6 Å². The van der Waals surface area contributed by atoms with Gasteiger partial charge in [0.15, 0.2) is 22.7 Å². The number of carbonyl (C=O) groups is 5. The fraction of sp³-hybridized carbons (Fsp3) is 0.476. The van der Waals surface area contributed by atoms with Crippen LogP contribution < -0.4 is 14.8 Å². The molecule has 0 saturated carbocycles. The molecule has 12 heteroatoms. The van der Waals surface area contributed by atoms with E-state index in [9.17, 15) is 29.1 Å². The number of aliphatic carboxylic acids is 1. The van der Waals surface area contributed by atoms with Crippen molar-refractivity contribution in [2.24, 2.45) is 0 Å². The zero-order valence-electron chi connectivity index (χ0n) is 17.8. The SMILES string of the molecule is CC(=O)S[C@@H](Cc1ccc2c(c1)OCO2)C(=O)NC1CC(=O)N2CCC[C@@H](C(=O)O)N2C1=O. The van der Waals surface area contributed by atoms with Crippen molar-refractivity contribution in [1.29, 1.82) is 0 Å². The highest BCUT2D eigenvalue weighted by Crippen LogP contribution is 2.33. The Bertz CT molecular complexity index is 1010. The first kappa shape index (κ1) is 22.9. The van der Waals surface area contributed by atoms with Crippen LogP contribution in [0.3, 0.4) is 0 Å². The molecule has 1 aromatic carbocycles. The van der Waals surface area contributed by atoms with E-state index in [4.69, 9.17) is 9.47 Å². The molecule has 11 nitrogen and oxygen atoms in total. The average molecular weight is 477 g/mol. The van der Waals surface area contributed by atoms with Crippen molar-refractivity contribution in [3.05, 3.63) is 23.8 Å². The first-order valence-corrected chi connectivity index (χ1v) is 11.3. The molecule has 0 aliphatic carbocycles.